The number of nitrogens with one attached hydrogen (secondary N) is 1. The van der Waals surface area contributed by atoms with E-state index in [0.29, 0.717) is 5.94 Å². The van der Waals surface area contributed by atoms with E-state index < -0.39 is 0 Å². The van der Waals surface area contributed by atoms with Crippen molar-refractivity contribution in [1.82, 2.24) is 5.32 Å². The third-order valence-electron chi connectivity index (χ3n) is 1.21. The van der Waals surface area contributed by atoms with Crippen molar-refractivity contribution in [2.45, 2.75) is 25.7 Å². The lowest BCUT2D eigenvalue weighted by atomic mass is 9.93. The maximum absolute atomic E-state index is 3.17. The van der Waals surface area contributed by atoms with Gasteiger partial charge >= 0.3 is 0 Å². The van der Waals surface area contributed by atoms with Gasteiger partial charge in [-0.25, -0.2) is 0 Å². The van der Waals surface area contributed by atoms with Gasteiger partial charge in [0.15, 0.2) is 0 Å². The minimum Gasteiger partial charge on any atom is -0.325 e. The van der Waals surface area contributed by atoms with Gasteiger partial charge < -0.3 is 5.32 Å². The zero-order valence-corrected chi connectivity index (χ0v) is 5.49. The minimum atomic E-state index is 0.699. The van der Waals surface area contributed by atoms with Gasteiger partial charge in [0.1, 0.15) is 7.85 Å². The Bertz CT molecular complexity index is 39.1. The SMILES string of the molecule is BC(CCC)NC. The van der Waals surface area contributed by atoms with Crippen LogP contribution in [0.4, 0.5) is 0 Å². The van der Waals surface area contributed by atoms with Gasteiger partial charge in [-0.3, -0.25) is 0 Å². The molecule has 0 saturated heterocycles. The van der Waals surface area contributed by atoms with Crippen molar-refractivity contribution in [2.75, 3.05) is 7.05 Å². The fraction of sp³-hybridized carbons (Fsp3) is 1.00. The predicted molar refractivity (Wildman–Crippen MR) is 36.3 cm³/mol. The Kier molecular flexibility index (Phi) is 4.21. The lowest BCUT2D eigenvalue weighted by molar-refractivity contribution is 0.655. The molecule has 1 atom stereocenters. The van der Waals surface area contributed by atoms with E-state index in [4.69, 9.17) is 0 Å². The van der Waals surface area contributed by atoms with Crippen LogP contribution in [0.5, 0.6) is 0 Å². The molecule has 0 radical (unpaired) electrons. The van der Waals surface area contributed by atoms with Crippen LogP contribution in [0.25, 0.3) is 0 Å². The minimum absolute atomic E-state index is 0.699. The topological polar surface area (TPSA) is 12.0 Å². The summed E-state index contributed by atoms with van der Waals surface area (Å²) in [4.78, 5) is 0. The van der Waals surface area contributed by atoms with Crippen LogP contribution in [0, 0.1) is 0 Å². The van der Waals surface area contributed by atoms with E-state index in [1.165, 1.54) is 12.8 Å². The molecule has 0 fully saturated rings. The molecule has 1 unspecified atom stereocenters. The van der Waals surface area contributed by atoms with Crippen molar-refractivity contribution >= 4 is 7.85 Å². The third kappa shape index (κ3) is 3.87. The van der Waals surface area contributed by atoms with Crippen molar-refractivity contribution in [3.8, 4) is 0 Å². The molecule has 0 saturated carbocycles. The highest BCUT2D eigenvalue weighted by molar-refractivity contribution is 6.11. The van der Waals surface area contributed by atoms with Crippen LogP contribution in [0.3, 0.4) is 0 Å². The Labute approximate surface area is 46.9 Å². The van der Waals surface area contributed by atoms with Crippen LogP contribution in [-0.2, 0) is 0 Å². The van der Waals surface area contributed by atoms with Gasteiger partial charge in [-0.15, -0.1) is 0 Å². The average molecular weight is 99.0 g/mol. The molecule has 0 heterocycles. The Balaban J connectivity index is 2.83. The molecule has 0 aliphatic heterocycles. The van der Waals surface area contributed by atoms with Crippen molar-refractivity contribution in [3.05, 3.63) is 0 Å². The summed E-state index contributed by atoms with van der Waals surface area (Å²) in [7, 11) is 4.20. The summed E-state index contributed by atoms with van der Waals surface area (Å²) in [6, 6.07) is 0. The van der Waals surface area contributed by atoms with Crippen LogP contribution < -0.4 is 5.32 Å². The zero-order valence-electron chi connectivity index (χ0n) is 5.49. The van der Waals surface area contributed by atoms with Gasteiger partial charge in [0, 0.05) is 0 Å². The Morgan fingerprint density at radius 2 is 2.29 bits per heavy atom. The maximum Gasteiger partial charge on any atom is 0.123 e. The molecule has 0 amide bonds. The van der Waals surface area contributed by atoms with Crippen molar-refractivity contribution in [2.24, 2.45) is 0 Å². The molecular weight excluding hydrogens is 84.9 g/mol. The summed E-state index contributed by atoms with van der Waals surface area (Å²) in [6.45, 7) is 2.20. The number of hydrogen-bond donors (Lipinski definition) is 1. The molecule has 0 rings (SSSR count). The van der Waals surface area contributed by atoms with E-state index in [1.807, 2.05) is 7.05 Å². The summed E-state index contributed by atoms with van der Waals surface area (Å²) < 4.78 is 0. The van der Waals surface area contributed by atoms with Crippen molar-refractivity contribution in [1.29, 1.82) is 0 Å². The second-order valence-corrected chi connectivity index (χ2v) is 1.98. The molecular formula is C5H14BN. The van der Waals surface area contributed by atoms with E-state index in [2.05, 4.69) is 20.1 Å². The van der Waals surface area contributed by atoms with Crippen molar-refractivity contribution in [3.63, 3.8) is 0 Å². The van der Waals surface area contributed by atoms with Gasteiger partial charge in [-0.2, -0.15) is 0 Å². The summed E-state index contributed by atoms with van der Waals surface area (Å²) in [6.07, 6.45) is 2.57. The van der Waals surface area contributed by atoms with Gasteiger partial charge in [0.2, 0.25) is 0 Å². The molecule has 0 bridgehead atoms. The normalized spacial score (nSPS) is 14.0. The second-order valence-electron chi connectivity index (χ2n) is 1.98. The summed E-state index contributed by atoms with van der Waals surface area (Å²) in [5.74, 6) is 0.699. The monoisotopic (exact) mass is 99.1 g/mol. The van der Waals surface area contributed by atoms with Gasteiger partial charge in [-0.05, 0) is 19.4 Å². The molecule has 1 N–H and O–H groups in total. The maximum atomic E-state index is 3.17. The summed E-state index contributed by atoms with van der Waals surface area (Å²) in [5.41, 5.74) is 0. The Morgan fingerprint density at radius 1 is 1.71 bits per heavy atom. The highest BCUT2D eigenvalue weighted by atomic mass is 14.8. The molecule has 2 heteroatoms. The van der Waals surface area contributed by atoms with Crippen molar-refractivity contribution < 1.29 is 0 Å². The van der Waals surface area contributed by atoms with E-state index in [9.17, 15) is 0 Å². The Hall–Kier alpha value is 0.0249. The predicted octanol–water partition coefficient (Wildman–Crippen LogP) is -0.0349. The first-order chi connectivity index (χ1) is 3.31. The molecule has 0 aromatic carbocycles. The molecule has 0 aromatic rings. The largest absolute Gasteiger partial charge is 0.325 e. The van der Waals surface area contributed by atoms with E-state index in [1.54, 1.807) is 0 Å². The fourth-order valence-corrected chi connectivity index (χ4v) is 0.577. The van der Waals surface area contributed by atoms with Crippen LogP contribution >= 0.6 is 0 Å². The lowest BCUT2D eigenvalue weighted by Crippen LogP contribution is -2.24. The van der Waals surface area contributed by atoms with E-state index >= 15 is 0 Å². The number of rotatable bonds is 3. The van der Waals surface area contributed by atoms with Crippen LogP contribution in [0.2, 0.25) is 0 Å². The van der Waals surface area contributed by atoms with Crippen LogP contribution in [0.1, 0.15) is 19.8 Å². The van der Waals surface area contributed by atoms with E-state index in [-0.39, 0.29) is 0 Å². The number of hydrogen-bond acceptors (Lipinski definition) is 1. The van der Waals surface area contributed by atoms with Gasteiger partial charge in [0.05, 0.1) is 0 Å². The fourth-order valence-electron chi connectivity index (χ4n) is 0.577. The molecule has 0 aromatic heterocycles. The molecule has 7 heavy (non-hydrogen) atoms. The van der Waals surface area contributed by atoms with Gasteiger partial charge in [-0.1, -0.05) is 13.3 Å². The molecule has 0 spiro atoms. The summed E-state index contributed by atoms with van der Waals surface area (Å²) in [5, 5.41) is 3.17. The second kappa shape index (κ2) is 4.19. The van der Waals surface area contributed by atoms with E-state index in [0.717, 1.165) is 0 Å². The van der Waals surface area contributed by atoms with Crippen LogP contribution in [0.15, 0.2) is 0 Å². The zero-order chi connectivity index (χ0) is 5.70. The lowest BCUT2D eigenvalue weighted by Gasteiger charge is -2.05. The highest BCUT2D eigenvalue weighted by Crippen LogP contribution is 1.88. The quantitative estimate of drug-likeness (QED) is 0.489. The average Bonchev–Trinajstić information content (AvgIpc) is 1.68. The van der Waals surface area contributed by atoms with Crippen LogP contribution in [-0.4, -0.2) is 20.8 Å². The first-order valence-corrected chi connectivity index (χ1v) is 2.98. The molecule has 1 nitrogen and oxygen atoms in total. The highest BCUT2D eigenvalue weighted by Gasteiger charge is 1.91. The molecule has 0 aliphatic carbocycles. The summed E-state index contributed by atoms with van der Waals surface area (Å²) >= 11 is 0. The third-order valence-corrected chi connectivity index (χ3v) is 1.21. The first kappa shape index (κ1) is 7.02. The standard InChI is InChI=1S/C5H14BN/c1-3-4-5(6)7-2/h5,7H,3-4,6H2,1-2H3. The Morgan fingerprint density at radius 3 is 2.43 bits per heavy atom. The van der Waals surface area contributed by atoms with Gasteiger partial charge in [0.25, 0.3) is 0 Å². The first-order valence-electron chi connectivity index (χ1n) is 2.98. The molecule has 42 valence electrons. The molecule has 0 aliphatic rings. The smallest absolute Gasteiger partial charge is 0.123 e.